The van der Waals surface area contributed by atoms with Crippen molar-refractivity contribution in [1.82, 2.24) is 9.80 Å². The molecular formula is C35H42ClN3O8. The van der Waals surface area contributed by atoms with Crippen LogP contribution in [0.3, 0.4) is 0 Å². The minimum Gasteiger partial charge on any atom is -0.481 e. The van der Waals surface area contributed by atoms with Crippen molar-refractivity contribution in [3.63, 3.8) is 0 Å². The lowest BCUT2D eigenvalue weighted by molar-refractivity contribution is -0.144. The number of carboxylic acids is 1. The lowest BCUT2D eigenvalue weighted by atomic mass is 9.87. The number of likely N-dealkylation sites (tertiary alicyclic amines) is 2. The number of fused-ring (bicyclic) bond motifs is 1. The maximum absolute atomic E-state index is 13.9. The van der Waals surface area contributed by atoms with E-state index in [0.717, 1.165) is 25.1 Å². The lowest BCUT2D eigenvalue weighted by Gasteiger charge is -2.30. The normalized spacial score (nSPS) is 26.6. The maximum Gasteiger partial charge on any atom is 0.306 e. The summed E-state index contributed by atoms with van der Waals surface area (Å²) in [5, 5.41) is 13.3. The zero-order valence-electron chi connectivity index (χ0n) is 26.7. The summed E-state index contributed by atoms with van der Waals surface area (Å²) in [6.45, 7) is 2.41. The number of para-hydroxylation sites is 1. The number of ether oxygens (including phenoxy) is 3. The molecule has 47 heavy (non-hydrogen) atoms. The zero-order valence-corrected chi connectivity index (χ0v) is 27.5. The molecule has 3 aliphatic rings. The van der Waals surface area contributed by atoms with Gasteiger partial charge in [0.2, 0.25) is 5.91 Å². The highest BCUT2D eigenvalue weighted by molar-refractivity contribution is 6.34. The Kier molecular flexibility index (Phi) is 10.5. The first-order valence-corrected chi connectivity index (χ1v) is 16.6. The number of carboxylic acid groups (broad SMARTS) is 1. The summed E-state index contributed by atoms with van der Waals surface area (Å²) in [7, 11) is 3.39. The first-order chi connectivity index (χ1) is 22.7. The van der Waals surface area contributed by atoms with E-state index in [1.54, 1.807) is 38.5 Å². The summed E-state index contributed by atoms with van der Waals surface area (Å²) in [5.74, 6) is -1.41. The highest BCUT2D eigenvalue weighted by atomic mass is 35.5. The van der Waals surface area contributed by atoms with Crippen LogP contribution in [0.5, 0.6) is 0 Å². The van der Waals surface area contributed by atoms with Gasteiger partial charge in [-0.1, -0.05) is 35.9 Å². The van der Waals surface area contributed by atoms with Crippen molar-refractivity contribution in [2.45, 2.75) is 68.9 Å². The van der Waals surface area contributed by atoms with E-state index in [4.69, 9.17) is 30.2 Å². The molecule has 1 aliphatic carbocycles. The molecule has 3 aromatic rings. The third kappa shape index (κ3) is 7.49. The predicted molar refractivity (Wildman–Crippen MR) is 176 cm³/mol. The predicted octanol–water partition coefficient (Wildman–Crippen LogP) is 4.86. The first-order valence-electron chi connectivity index (χ1n) is 16.2. The molecule has 1 unspecified atom stereocenters. The van der Waals surface area contributed by atoms with Crippen molar-refractivity contribution >= 4 is 46.0 Å². The van der Waals surface area contributed by atoms with Crippen LogP contribution in [0.1, 0.15) is 48.0 Å². The van der Waals surface area contributed by atoms with E-state index in [1.165, 1.54) is 6.26 Å². The third-order valence-corrected chi connectivity index (χ3v) is 10.3. The second kappa shape index (κ2) is 14.7. The van der Waals surface area contributed by atoms with Gasteiger partial charge in [-0.3, -0.25) is 19.3 Å². The summed E-state index contributed by atoms with van der Waals surface area (Å²) < 4.78 is 23.2. The maximum atomic E-state index is 13.9. The van der Waals surface area contributed by atoms with Crippen LogP contribution in [-0.2, 0) is 30.2 Å². The Bertz CT molecular complexity index is 1580. The van der Waals surface area contributed by atoms with E-state index in [-0.39, 0.29) is 54.5 Å². The standard InChI is InChI=1S/C35H42ClN3O8/c1-44-31-17-38(18-32(31)45-2)23-15-24(19-46-25-10-8-22(9-11-25)35(42)43)39(16-23)33(40)14-21-7-12-29(28(36)13-21)37-34(41)27-20-47-30-6-4-3-5-26(27)30/h3-7,12-13,20,22-25,31-32H,8-11,14-19H2,1-2H3,(H,37,41)(H,42,43)/t22-,23-,24-,25-,31-,32?/m0/s1. The van der Waals surface area contributed by atoms with Crippen LogP contribution >= 0.6 is 11.6 Å². The molecular weight excluding hydrogens is 626 g/mol. The van der Waals surface area contributed by atoms with Crippen LogP contribution in [0.4, 0.5) is 5.69 Å². The van der Waals surface area contributed by atoms with Gasteiger partial charge < -0.3 is 34.0 Å². The van der Waals surface area contributed by atoms with Crippen molar-refractivity contribution in [2.75, 3.05) is 45.8 Å². The molecule has 2 saturated heterocycles. The van der Waals surface area contributed by atoms with E-state index in [9.17, 15) is 19.5 Å². The quantitative estimate of drug-likeness (QED) is 0.295. The fourth-order valence-electron chi connectivity index (χ4n) is 7.26. The van der Waals surface area contributed by atoms with Gasteiger partial charge in [0.1, 0.15) is 11.8 Å². The van der Waals surface area contributed by atoms with Gasteiger partial charge in [-0.2, -0.15) is 0 Å². The topological polar surface area (TPSA) is 131 Å². The lowest BCUT2D eigenvalue weighted by Crippen LogP contribution is -2.41. The number of benzene rings is 2. The van der Waals surface area contributed by atoms with Crippen molar-refractivity contribution in [1.29, 1.82) is 0 Å². The molecule has 6 rings (SSSR count). The van der Waals surface area contributed by atoms with Gasteiger partial charge in [0, 0.05) is 45.3 Å². The van der Waals surface area contributed by atoms with Gasteiger partial charge in [-0.25, -0.2) is 0 Å². The van der Waals surface area contributed by atoms with Crippen molar-refractivity contribution < 1.29 is 38.1 Å². The number of furan rings is 1. The Labute approximate surface area is 279 Å². The van der Waals surface area contributed by atoms with E-state index < -0.39 is 5.97 Å². The zero-order chi connectivity index (χ0) is 33.1. The van der Waals surface area contributed by atoms with Crippen LogP contribution in [0.2, 0.25) is 5.02 Å². The van der Waals surface area contributed by atoms with Crippen molar-refractivity contribution in [2.24, 2.45) is 5.92 Å². The Morgan fingerprint density at radius 1 is 1.00 bits per heavy atom. The average Bonchev–Trinajstić information content (AvgIpc) is 3.82. The molecule has 1 saturated carbocycles. The van der Waals surface area contributed by atoms with Gasteiger partial charge >= 0.3 is 5.97 Å². The number of aliphatic carboxylic acids is 1. The molecule has 2 aliphatic heterocycles. The number of carbonyl (C=O) groups excluding carboxylic acids is 2. The number of hydrogen-bond donors (Lipinski definition) is 2. The Hall–Kier alpha value is -3.48. The largest absolute Gasteiger partial charge is 0.481 e. The number of anilines is 1. The van der Waals surface area contributed by atoms with Crippen LogP contribution in [0, 0.1) is 5.92 Å². The smallest absolute Gasteiger partial charge is 0.306 e. The van der Waals surface area contributed by atoms with Crippen molar-refractivity contribution in [3.05, 3.63) is 64.9 Å². The number of carbonyl (C=O) groups is 3. The number of halogens is 1. The highest BCUT2D eigenvalue weighted by Crippen LogP contribution is 2.32. The number of rotatable bonds is 11. The van der Waals surface area contributed by atoms with E-state index in [1.807, 2.05) is 23.1 Å². The molecule has 11 nitrogen and oxygen atoms in total. The molecule has 252 valence electrons. The van der Waals surface area contributed by atoms with Crippen LogP contribution in [-0.4, -0.2) is 104 Å². The average molecular weight is 668 g/mol. The van der Waals surface area contributed by atoms with E-state index in [0.29, 0.717) is 66.1 Å². The van der Waals surface area contributed by atoms with Crippen LogP contribution < -0.4 is 5.32 Å². The molecule has 2 amide bonds. The first kappa shape index (κ1) is 33.4. The SMILES string of the molecule is COC1CN([C@H]2C[C@@H](CO[C@H]3CC[C@H](C(=O)O)CC3)N(C(=O)Cc3ccc(NC(=O)c4coc5ccccc45)c(Cl)c3)C2)C[C@@H]1OC. The molecule has 0 radical (unpaired) electrons. The van der Waals surface area contributed by atoms with Gasteiger partial charge in [0.15, 0.2) is 0 Å². The monoisotopic (exact) mass is 667 g/mol. The summed E-state index contributed by atoms with van der Waals surface area (Å²) >= 11 is 6.60. The van der Waals surface area contributed by atoms with E-state index in [2.05, 4.69) is 10.2 Å². The minimum atomic E-state index is -0.740. The number of nitrogens with zero attached hydrogens (tertiary/aromatic N) is 2. The number of amides is 2. The number of methoxy groups -OCH3 is 2. The molecule has 3 fully saturated rings. The van der Waals surface area contributed by atoms with Gasteiger partial charge in [-0.05, 0) is 55.9 Å². The third-order valence-electron chi connectivity index (χ3n) is 9.99. The molecule has 2 aromatic carbocycles. The molecule has 12 heteroatoms. The number of hydrogen-bond acceptors (Lipinski definition) is 8. The number of nitrogens with one attached hydrogen (secondary N) is 1. The second-order valence-electron chi connectivity index (χ2n) is 12.8. The Morgan fingerprint density at radius 2 is 1.72 bits per heavy atom. The van der Waals surface area contributed by atoms with Crippen molar-refractivity contribution in [3.8, 4) is 0 Å². The molecule has 1 aromatic heterocycles. The molecule has 3 heterocycles. The molecule has 2 N–H and O–H groups in total. The van der Waals surface area contributed by atoms with Gasteiger partial charge in [0.25, 0.3) is 5.91 Å². The fraction of sp³-hybridized carbons (Fsp3) is 0.514. The summed E-state index contributed by atoms with van der Waals surface area (Å²) in [5.41, 5.74) is 2.21. The van der Waals surface area contributed by atoms with Crippen LogP contribution in [0.15, 0.2) is 53.1 Å². The van der Waals surface area contributed by atoms with Crippen LogP contribution in [0.25, 0.3) is 11.0 Å². The molecule has 0 bridgehead atoms. The van der Waals surface area contributed by atoms with Gasteiger partial charge in [-0.15, -0.1) is 0 Å². The molecule has 4 atom stereocenters. The summed E-state index contributed by atoms with van der Waals surface area (Å²) in [6, 6.07) is 12.6. The fourth-order valence-corrected chi connectivity index (χ4v) is 7.51. The molecule has 0 spiro atoms. The Balaban J connectivity index is 1.11. The van der Waals surface area contributed by atoms with Gasteiger partial charge in [0.05, 0.1) is 59.6 Å². The minimum absolute atomic E-state index is 0.00858. The summed E-state index contributed by atoms with van der Waals surface area (Å²) in [4.78, 5) is 42.5. The van der Waals surface area contributed by atoms with E-state index >= 15 is 0 Å². The second-order valence-corrected chi connectivity index (χ2v) is 13.2. The Morgan fingerprint density at radius 3 is 2.40 bits per heavy atom. The summed E-state index contributed by atoms with van der Waals surface area (Å²) in [6.07, 6.45) is 4.89. The highest BCUT2D eigenvalue weighted by Gasteiger charge is 2.43.